The average Bonchev–Trinajstić information content (AvgIpc) is 2.92. The molecule has 4 heteroatoms. The van der Waals surface area contributed by atoms with Gasteiger partial charge in [-0.3, -0.25) is 4.79 Å². The standard InChI is InChI=1S/C17H20N2OS/c1-12(2)15(20)17-18-16-14(21-17)9-6-10-19(16)11-13-7-4-3-5-8-13/h3-5,7-8,12H,6,9-11H2,1-2H3. The molecular formula is C17H20N2OS. The largest absolute Gasteiger partial charge is 0.351 e. The van der Waals surface area contributed by atoms with Crippen LogP contribution in [-0.2, 0) is 13.0 Å². The Hall–Kier alpha value is -1.68. The molecule has 110 valence electrons. The first-order valence-corrected chi connectivity index (χ1v) is 8.29. The average molecular weight is 300 g/mol. The first-order valence-electron chi connectivity index (χ1n) is 7.48. The van der Waals surface area contributed by atoms with E-state index in [4.69, 9.17) is 0 Å². The Balaban J connectivity index is 1.86. The number of fused-ring (bicyclic) bond motifs is 1. The maximum atomic E-state index is 12.2. The molecule has 1 aromatic carbocycles. The second-order valence-electron chi connectivity index (χ2n) is 5.80. The summed E-state index contributed by atoms with van der Waals surface area (Å²) in [5, 5.41) is 0.676. The van der Waals surface area contributed by atoms with Gasteiger partial charge in [-0.1, -0.05) is 44.2 Å². The molecule has 1 aromatic heterocycles. The highest BCUT2D eigenvalue weighted by Crippen LogP contribution is 2.33. The van der Waals surface area contributed by atoms with Gasteiger partial charge < -0.3 is 4.90 Å². The summed E-state index contributed by atoms with van der Waals surface area (Å²) in [6, 6.07) is 10.4. The van der Waals surface area contributed by atoms with Gasteiger partial charge in [0, 0.05) is 23.9 Å². The number of ketones is 1. The maximum absolute atomic E-state index is 12.2. The molecular weight excluding hydrogens is 280 g/mol. The normalized spacial score (nSPS) is 14.3. The van der Waals surface area contributed by atoms with Gasteiger partial charge in [0.1, 0.15) is 5.82 Å². The van der Waals surface area contributed by atoms with Gasteiger partial charge in [0.25, 0.3) is 0 Å². The van der Waals surface area contributed by atoms with Crippen LogP contribution in [0.25, 0.3) is 0 Å². The summed E-state index contributed by atoms with van der Waals surface area (Å²) < 4.78 is 0. The molecule has 0 unspecified atom stereocenters. The molecule has 0 bridgehead atoms. The summed E-state index contributed by atoms with van der Waals surface area (Å²) in [5.41, 5.74) is 1.29. The molecule has 0 amide bonds. The van der Waals surface area contributed by atoms with E-state index in [2.05, 4.69) is 34.1 Å². The van der Waals surface area contributed by atoms with Crippen molar-refractivity contribution in [1.29, 1.82) is 0 Å². The predicted octanol–water partition coefficient (Wildman–Crippen LogP) is 3.93. The summed E-state index contributed by atoms with van der Waals surface area (Å²) in [6.07, 6.45) is 2.18. The lowest BCUT2D eigenvalue weighted by Gasteiger charge is -2.27. The second-order valence-corrected chi connectivity index (χ2v) is 6.88. The summed E-state index contributed by atoms with van der Waals surface area (Å²) in [5.74, 6) is 1.20. The van der Waals surface area contributed by atoms with Crippen LogP contribution in [-0.4, -0.2) is 17.3 Å². The number of hydrogen-bond donors (Lipinski definition) is 0. The van der Waals surface area contributed by atoms with Crippen LogP contribution in [0.4, 0.5) is 5.82 Å². The van der Waals surface area contributed by atoms with Crippen molar-refractivity contribution >= 4 is 22.9 Å². The monoisotopic (exact) mass is 300 g/mol. The van der Waals surface area contributed by atoms with Gasteiger partial charge in [-0.05, 0) is 18.4 Å². The molecule has 1 aliphatic rings. The fourth-order valence-corrected chi connectivity index (χ4v) is 3.81. The fraction of sp³-hybridized carbons (Fsp3) is 0.412. The zero-order chi connectivity index (χ0) is 14.8. The third kappa shape index (κ3) is 3.00. The van der Waals surface area contributed by atoms with Gasteiger partial charge in [0.15, 0.2) is 10.8 Å². The van der Waals surface area contributed by atoms with Crippen molar-refractivity contribution in [2.75, 3.05) is 11.4 Å². The lowest BCUT2D eigenvalue weighted by atomic mass is 10.1. The van der Waals surface area contributed by atoms with Crippen LogP contribution in [0.5, 0.6) is 0 Å². The van der Waals surface area contributed by atoms with Gasteiger partial charge in [-0.25, -0.2) is 4.98 Å². The summed E-state index contributed by atoms with van der Waals surface area (Å²) >= 11 is 1.58. The van der Waals surface area contributed by atoms with E-state index >= 15 is 0 Å². The highest BCUT2D eigenvalue weighted by molar-refractivity contribution is 7.14. The molecule has 21 heavy (non-hydrogen) atoms. The number of anilines is 1. The third-order valence-electron chi connectivity index (χ3n) is 3.76. The molecule has 0 saturated heterocycles. The first kappa shape index (κ1) is 14.3. The number of hydrogen-bond acceptors (Lipinski definition) is 4. The van der Waals surface area contributed by atoms with Crippen molar-refractivity contribution in [3.63, 3.8) is 0 Å². The van der Waals surface area contributed by atoms with Crippen molar-refractivity contribution < 1.29 is 4.79 Å². The SMILES string of the molecule is CC(C)C(=O)c1nc2c(s1)CCCN2Cc1ccccc1. The van der Waals surface area contributed by atoms with E-state index in [0.717, 1.165) is 31.7 Å². The molecule has 0 fully saturated rings. The predicted molar refractivity (Wildman–Crippen MR) is 87.1 cm³/mol. The Kier molecular flexibility index (Phi) is 4.06. The summed E-state index contributed by atoms with van der Waals surface area (Å²) in [4.78, 5) is 20.4. The molecule has 3 nitrogen and oxygen atoms in total. The van der Waals surface area contributed by atoms with Gasteiger partial charge in [0.2, 0.25) is 0 Å². The summed E-state index contributed by atoms with van der Waals surface area (Å²) in [6.45, 7) is 5.75. The number of carbonyl (C=O) groups is 1. The number of aryl methyl sites for hydroxylation is 1. The summed E-state index contributed by atoms with van der Waals surface area (Å²) in [7, 11) is 0. The Morgan fingerprint density at radius 1 is 1.33 bits per heavy atom. The number of Topliss-reactive ketones (excluding diaryl/α,β-unsaturated/α-hetero) is 1. The zero-order valence-electron chi connectivity index (χ0n) is 12.5. The Morgan fingerprint density at radius 2 is 2.10 bits per heavy atom. The van der Waals surface area contributed by atoms with Crippen LogP contribution >= 0.6 is 11.3 Å². The lowest BCUT2D eigenvalue weighted by molar-refractivity contribution is 0.0939. The Bertz CT molecular complexity index is 633. The molecule has 0 radical (unpaired) electrons. The topological polar surface area (TPSA) is 33.2 Å². The smallest absolute Gasteiger partial charge is 0.193 e. The highest BCUT2D eigenvalue weighted by atomic mass is 32.1. The van der Waals surface area contributed by atoms with Crippen LogP contribution < -0.4 is 4.90 Å². The van der Waals surface area contributed by atoms with E-state index in [1.54, 1.807) is 11.3 Å². The van der Waals surface area contributed by atoms with Gasteiger partial charge in [0.05, 0.1) is 0 Å². The van der Waals surface area contributed by atoms with Crippen molar-refractivity contribution in [2.24, 2.45) is 5.92 Å². The van der Waals surface area contributed by atoms with Crippen LogP contribution in [0, 0.1) is 5.92 Å². The fourth-order valence-electron chi connectivity index (χ4n) is 2.60. The first-order chi connectivity index (χ1) is 10.1. The zero-order valence-corrected chi connectivity index (χ0v) is 13.3. The maximum Gasteiger partial charge on any atom is 0.193 e. The molecule has 0 saturated carbocycles. The van der Waals surface area contributed by atoms with Crippen molar-refractivity contribution in [2.45, 2.75) is 33.2 Å². The number of nitrogens with zero attached hydrogens (tertiary/aromatic N) is 2. The molecule has 0 atom stereocenters. The van der Waals surface area contributed by atoms with E-state index in [0.29, 0.717) is 5.01 Å². The van der Waals surface area contributed by atoms with Crippen LogP contribution in [0.2, 0.25) is 0 Å². The quantitative estimate of drug-likeness (QED) is 0.802. The van der Waals surface area contributed by atoms with Crippen molar-refractivity contribution in [3.8, 4) is 0 Å². The molecule has 0 aliphatic carbocycles. The molecule has 1 aliphatic heterocycles. The number of aromatic nitrogens is 1. The van der Waals surface area contributed by atoms with Gasteiger partial charge in [-0.15, -0.1) is 11.3 Å². The molecule has 2 aromatic rings. The second kappa shape index (κ2) is 5.98. The molecule has 3 rings (SSSR count). The third-order valence-corrected chi connectivity index (χ3v) is 4.88. The van der Waals surface area contributed by atoms with E-state index in [-0.39, 0.29) is 11.7 Å². The van der Waals surface area contributed by atoms with E-state index in [9.17, 15) is 4.79 Å². The Labute approximate surface area is 129 Å². The van der Waals surface area contributed by atoms with E-state index in [1.165, 1.54) is 10.4 Å². The number of carbonyl (C=O) groups excluding carboxylic acids is 1. The highest BCUT2D eigenvalue weighted by Gasteiger charge is 2.25. The Morgan fingerprint density at radius 3 is 2.81 bits per heavy atom. The van der Waals surface area contributed by atoms with Crippen molar-refractivity contribution in [3.05, 3.63) is 45.8 Å². The molecule has 2 heterocycles. The molecule has 0 spiro atoms. The van der Waals surface area contributed by atoms with Crippen molar-refractivity contribution in [1.82, 2.24) is 4.98 Å². The van der Waals surface area contributed by atoms with E-state index < -0.39 is 0 Å². The number of benzene rings is 1. The minimum absolute atomic E-state index is 0.0141. The van der Waals surface area contributed by atoms with Crippen LogP contribution in [0.1, 0.15) is 40.5 Å². The van der Waals surface area contributed by atoms with Crippen LogP contribution in [0.3, 0.4) is 0 Å². The number of rotatable bonds is 4. The molecule has 0 N–H and O–H groups in total. The lowest BCUT2D eigenvalue weighted by Crippen LogP contribution is -2.28. The number of thiazole rings is 1. The van der Waals surface area contributed by atoms with Gasteiger partial charge >= 0.3 is 0 Å². The van der Waals surface area contributed by atoms with Crippen LogP contribution in [0.15, 0.2) is 30.3 Å². The van der Waals surface area contributed by atoms with Gasteiger partial charge in [-0.2, -0.15) is 0 Å². The van der Waals surface area contributed by atoms with E-state index in [1.807, 2.05) is 19.9 Å². The minimum Gasteiger partial charge on any atom is -0.351 e. The minimum atomic E-state index is 0.0141.